The summed E-state index contributed by atoms with van der Waals surface area (Å²) in [6, 6.07) is -0.443. The molecule has 0 saturated carbocycles. The second-order valence-electron chi connectivity index (χ2n) is 13.6. The molecule has 47 heavy (non-hydrogen) atoms. The van der Waals surface area contributed by atoms with E-state index in [1.165, 1.54) is 128 Å². The molecule has 1 atom stereocenters. The highest BCUT2D eigenvalue weighted by Crippen LogP contribution is 2.11. The fourth-order valence-electron chi connectivity index (χ4n) is 5.83. The SMILES string of the molecule is CCCCCC=CCC=CCCCCCCCCNC(=O)C(CCCCN)NC(=O)CCCCCCCC=CCCCCCCCC. The standard InChI is InChI=1S/C42H79N3O2/c1-3-5-7-9-11-13-15-17-19-21-23-25-27-29-31-35-39-44-42(47)40(36-33-34-38-43)45-41(46)37-32-30-28-26-24-22-20-18-16-14-12-10-8-6-4-2/h11,13,17-20,40H,3-10,12,14-16,21-39,43H2,1-2H3,(H,44,47)(H,45,46). The summed E-state index contributed by atoms with van der Waals surface area (Å²) in [6.45, 7) is 5.82. The summed E-state index contributed by atoms with van der Waals surface area (Å²) in [5.41, 5.74) is 5.67. The molecule has 0 aromatic heterocycles. The van der Waals surface area contributed by atoms with Crippen LogP contribution in [0.4, 0.5) is 0 Å². The van der Waals surface area contributed by atoms with Crippen molar-refractivity contribution in [1.82, 2.24) is 10.6 Å². The minimum Gasteiger partial charge on any atom is -0.354 e. The number of hydrogen-bond acceptors (Lipinski definition) is 3. The number of rotatable bonds is 36. The Morgan fingerprint density at radius 1 is 0.532 bits per heavy atom. The summed E-state index contributed by atoms with van der Waals surface area (Å²) in [7, 11) is 0. The molecule has 274 valence electrons. The zero-order valence-corrected chi connectivity index (χ0v) is 31.4. The summed E-state index contributed by atoms with van der Waals surface area (Å²) in [5.74, 6) is -0.0354. The van der Waals surface area contributed by atoms with Crippen LogP contribution in [-0.2, 0) is 9.59 Å². The molecule has 0 saturated heterocycles. The first-order chi connectivity index (χ1) is 23.2. The van der Waals surface area contributed by atoms with Gasteiger partial charge in [0.15, 0.2) is 0 Å². The maximum Gasteiger partial charge on any atom is 0.242 e. The Morgan fingerprint density at radius 2 is 0.979 bits per heavy atom. The van der Waals surface area contributed by atoms with Gasteiger partial charge in [-0.15, -0.1) is 0 Å². The average Bonchev–Trinajstić information content (AvgIpc) is 3.07. The molecule has 5 nitrogen and oxygen atoms in total. The van der Waals surface area contributed by atoms with E-state index in [0.717, 1.165) is 44.9 Å². The van der Waals surface area contributed by atoms with Crippen LogP contribution in [0.3, 0.4) is 0 Å². The van der Waals surface area contributed by atoms with Crippen LogP contribution in [0.1, 0.15) is 200 Å². The quantitative estimate of drug-likeness (QED) is 0.0463. The predicted molar refractivity (Wildman–Crippen MR) is 207 cm³/mol. The summed E-state index contributed by atoms with van der Waals surface area (Å²) < 4.78 is 0. The molecule has 2 amide bonds. The second-order valence-corrected chi connectivity index (χ2v) is 13.6. The zero-order valence-electron chi connectivity index (χ0n) is 31.4. The van der Waals surface area contributed by atoms with E-state index >= 15 is 0 Å². The summed E-state index contributed by atoms with van der Waals surface area (Å²) in [4.78, 5) is 25.5. The van der Waals surface area contributed by atoms with Gasteiger partial charge in [-0.2, -0.15) is 0 Å². The van der Waals surface area contributed by atoms with Gasteiger partial charge in [0, 0.05) is 13.0 Å². The van der Waals surface area contributed by atoms with Gasteiger partial charge in [-0.3, -0.25) is 9.59 Å². The molecular formula is C42H79N3O2. The van der Waals surface area contributed by atoms with Gasteiger partial charge in [-0.05, 0) is 96.4 Å². The van der Waals surface area contributed by atoms with Crippen molar-refractivity contribution < 1.29 is 9.59 Å². The van der Waals surface area contributed by atoms with E-state index in [1.807, 2.05) is 0 Å². The highest BCUT2D eigenvalue weighted by molar-refractivity contribution is 5.87. The number of carbonyl (C=O) groups is 2. The minimum absolute atomic E-state index is 0.00393. The number of carbonyl (C=O) groups excluding carboxylic acids is 2. The number of hydrogen-bond donors (Lipinski definition) is 3. The molecule has 0 aromatic carbocycles. The molecule has 4 N–H and O–H groups in total. The summed E-state index contributed by atoms with van der Waals surface area (Å²) in [6.07, 6.45) is 47.6. The Labute approximate surface area is 292 Å². The molecule has 0 aliphatic heterocycles. The predicted octanol–water partition coefficient (Wildman–Crippen LogP) is 11.6. The Kier molecular flexibility index (Phi) is 37.0. The number of nitrogens with two attached hydrogens (primary N) is 1. The van der Waals surface area contributed by atoms with Gasteiger partial charge in [0.05, 0.1) is 0 Å². The Bertz CT molecular complexity index is 761. The molecule has 0 radical (unpaired) electrons. The molecule has 5 heteroatoms. The largest absolute Gasteiger partial charge is 0.354 e. The fourth-order valence-corrected chi connectivity index (χ4v) is 5.83. The number of unbranched alkanes of at least 4 members (excludes halogenated alkanes) is 21. The van der Waals surface area contributed by atoms with Crippen LogP contribution < -0.4 is 16.4 Å². The third kappa shape index (κ3) is 35.3. The van der Waals surface area contributed by atoms with Gasteiger partial charge in [-0.1, -0.05) is 140 Å². The lowest BCUT2D eigenvalue weighted by Crippen LogP contribution is -2.47. The zero-order chi connectivity index (χ0) is 34.3. The van der Waals surface area contributed by atoms with Crippen LogP contribution in [0, 0.1) is 0 Å². The Hall–Kier alpha value is -1.88. The maximum absolute atomic E-state index is 12.9. The molecule has 0 aliphatic rings. The number of nitrogens with one attached hydrogen (secondary N) is 2. The first-order valence-electron chi connectivity index (χ1n) is 20.4. The van der Waals surface area contributed by atoms with Crippen LogP contribution in [-0.4, -0.2) is 30.9 Å². The van der Waals surface area contributed by atoms with E-state index in [1.54, 1.807) is 0 Å². The van der Waals surface area contributed by atoms with E-state index < -0.39 is 6.04 Å². The van der Waals surface area contributed by atoms with E-state index in [0.29, 0.717) is 25.9 Å². The van der Waals surface area contributed by atoms with E-state index in [2.05, 4.69) is 60.9 Å². The van der Waals surface area contributed by atoms with Crippen LogP contribution in [0.2, 0.25) is 0 Å². The lowest BCUT2D eigenvalue weighted by Gasteiger charge is -2.18. The normalized spacial score (nSPS) is 12.5. The summed E-state index contributed by atoms with van der Waals surface area (Å²) in [5, 5.41) is 6.10. The van der Waals surface area contributed by atoms with Crippen LogP contribution in [0.25, 0.3) is 0 Å². The molecule has 0 spiro atoms. The monoisotopic (exact) mass is 658 g/mol. The third-order valence-electron chi connectivity index (χ3n) is 8.94. The van der Waals surface area contributed by atoms with Crippen LogP contribution in [0.15, 0.2) is 36.5 Å². The van der Waals surface area contributed by atoms with Crippen molar-refractivity contribution >= 4 is 11.8 Å². The minimum atomic E-state index is -0.443. The topological polar surface area (TPSA) is 84.2 Å². The summed E-state index contributed by atoms with van der Waals surface area (Å²) >= 11 is 0. The first-order valence-corrected chi connectivity index (χ1v) is 20.4. The molecule has 0 aromatic rings. The van der Waals surface area contributed by atoms with Gasteiger partial charge in [-0.25, -0.2) is 0 Å². The molecule has 0 fully saturated rings. The molecule has 0 rings (SSSR count). The highest BCUT2D eigenvalue weighted by atomic mass is 16.2. The Balaban J connectivity index is 3.89. The third-order valence-corrected chi connectivity index (χ3v) is 8.94. The molecule has 0 aliphatic carbocycles. The van der Waals surface area contributed by atoms with Gasteiger partial charge in [0.2, 0.25) is 11.8 Å². The van der Waals surface area contributed by atoms with Crippen molar-refractivity contribution in [2.45, 2.75) is 206 Å². The maximum atomic E-state index is 12.9. The van der Waals surface area contributed by atoms with E-state index in [-0.39, 0.29) is 11.8 Å². The van der Waals surface area contributed by atoms with E-state index in [4.69, 9.17) is 5.73 Å². The van der Waals surface area contributed by atoms with Crippen LogP contribution in [0.5, 0.6) is 0 Å². The van der Waals surface area contributed by atoms with Crippen molar-refractivity contribution in [1.29, 1.82) is 0 Å². The molecular weight excluding hydrogens is 578 g/mol. The van der Waals surface area contributed by atoms with Crippen LogP contribution >= 0.6 is 0 Å². The second kappa shape index (κ2) is 38.6. The smallest absolute Gasteiger partial charge is 0.242 e. The van der Waals surface area contributed by atoms with E-state index in [9.17, 15) is 9.59 Å². The molecule has 0 bridgehead atoms. The van der Waals surface area contributed by atoms with Crippen molar-refractivity contribution in [3.63, 3.8) is 0 Å². The lowest BCUT2D eigenvalue weighted by molar-refractivity contribution is -0.129. The average molecular weight is 658 g/mol. The highest BCUT2D eigenvalue weighted by Gasteiger charge is 2.19. The van der Waals surface area contributed by atoms with Gasteiger partial charge >= 0.3 is 0 Å². The molecule has 0 heterocycles. The van der Waals surface area contributed by atoms with Gasteiger partial charge in [0.25, 0.3) is 0 Å². The van der Waals surface area contributed by atoms with Crippen molar-refractivity contribution in [2.24, 2.45) is 5.73 Å². The molecule has 1 unspecified atom stereocenters. The van der Waals surface area contributed by atoms with Crippen molar-refractivity contribution in [3.8, 4) is 0 Å². The Morgan fingerprint density at radius 3 is 1.53 bits per heavy atom. The van der Waals surface area contributed by atoms with Crippen molar-refractivity contribution in [3.05, 3.63) is 36.5 Å². The van der Waals surface area contributed by atoms with Gasteiger partial charge < -0.3 is 16.4 Å². The van der Waals surface area contributed by atoms with Crippen molar-refractivity contribution in [2.75, 3.05) is 13.1 Å². The first kappa shape index (κ1) is 45.1. The van der Waals surface area contributed by atoms with Gasteiger partial charge in [0.1, 0.15) is 6.04 Å². The lowest BCUT2D eigenvalue weighted by atomic mass is 10.1. The number of amides is 2. The number of allylic oxidation sites excluding steroid dienone is 6. The fraction of sp³-hybridized carbons (Fsp3) is 0.810.